The van der Waals surface area contributed by atoms with Crippen LogP contribution in [-0.2, 0) is 0 Å². The third kappa shape index (κ3) is 1.61. The Labute approximate surface area is 75.8 Å². The van der Waals surface area contributed by atoms with Crippen molar-refractivity contribution < 1.29 is 0 Å². The Kier molecular flexibility index (Phi) is 2.05. The van der Waals surface area contributed by atoms with E-state index in [1.165, 1.54) is 17.7 Å². The van der Waals surface area contributed by atoms with Crippen molar-refractivity contribution in [2.75, 3.05) is 12.5 Å². The van der Waals surface area contributed by atoms with Crippen LogP contribution in [0.5, 0.6) is 0 Å². The zero-order chi connectivity index (χ0) is 8.55. The predicted molar refractivity (Wildman–Crippen MR) is 53.1 cm³/mol. The normalized spacial score (nSPS) is 17.7. The van der Waals surface area contributed by atoms with E-state index in [0.29, 0.717) is 5.92 Å². The first-order valence-electron chi connectivity index (χ1n) is 4.26. The average molecular weight is 182 g/mol. The molecule has 0 atom stereocenters. The van der Waals surface area contributed by atoms with E-state index < -0.39 is 0 Å². The minimum Gasteiger partial charge on any atom is -0.240 e. The quantitative estimate of drug-likeness (QED) is 0.708. The maximum atomic E-state index is 4.37. The van der Waals surface area contributed by atoms with Gasteiger partial charge in [0.2, 0.25) is 0 Å². The van der Waals surface area contributed by atoms with E-state index in [9.17, 15) is 0 Å². The molecule has 0 bridgehead atoms. The Balaban J connectivity index is 2.18. The summed E-state index contributed by atoms with van der Waals surface area (Å²) in [6, 6.07) is 0. The second-order valence-electron chi connectivity index (χ2n) is 3.47. The van der Waals surface area contributed by atoms with E-state index in [2.05, 4.69) is 22.5 Å². The van der Waals surface area contributed by atoms with Crippen LogP contribution in [-0.4, -0.2) is 22.5 Å². The fourth-order valence-electron chi connectivity index (χ4n) is 1.11. The molecule has 1 aromatic rings. The Hall–Kier alpha value is -0.570. The molecular weight excluding hydrogens is 168 g/mol. The van der Waals surface area contributed by atoms with Gasteiger partial charge in [-0.3, -0.25) is 0 Å². The summed E-state index contributed by atoms with van der Waals surface area (Å²) in [6.07, 6.45) is 11.0. The minimum atomic E-state index is -0.0318. The van der Waals surface area contributed by atoms with Crippen molar-refractivity contribution >= 4 is 10.9 Å². The van der Waals surface area contributed by atoms with Crippen LogP contribution in [0.4, 0.5) is 0 Å². The van der Waals surface area contributed by atoms with Gasteiger partial charge >= 0.3 is 0 Å². The van der Waals surface area contributed by atoms with Gasteiger partial charge in [0.25, 0.3) is 0 Å². The summed E-state index contributed by atoms with van der Waals surface area (Å²) >= 11 is 0. The van der Waals surface area contributed by atoms with Crippen molar-refractivity contribution in [2.24, 2.45) is 0 Å². The smallest absolute Gasteiger partial charge is 0.131 e. The van der Waals surface area contributed by atoms with E-state index >= 15 is 0 Å². The maximum Gasteiger partial charge on any atom is 0.131 e. The molecule has 0 radical (unpaired) electrons. The van der Waals surface area contributed by atoms with E-state index in [4.69, 9.17) is 0 Å². The molecule has 2 nitrogen and oxygen atoms in total. The third-order valence-electron chi connectivity index (χ3n) is 2.12. The van der Waals surface area contributed by atoms with Crippen molar-refractivity contribution in [3.8, 4) is 0 Å². The van der Waals surface area contributed by atoms with Gasteiger partial charge in [0.15, 0.2) is 0 Å². The molecule has 0 amide bonds. The first kappa shape index (κ1) is 8.05. The van der Waals surface area contributed by atoms with Crippen LogP contribution in [0.25, 0.3) is 0 Å². The standard InChI is InChI=1S/C9H14N2S/c1-12(2)8-5-10-9(11-6-8)7-3-4-7/h5-7,12H,3-4H2,1-2H3. The summed E-state index contributed by atoms with van der Waals surface area (Å²) in [6.45, 7) is 0. The number of hydrogen-bond acceptors (Lipinski definition) is 2. The highest BCUT2D eigenvalue weighted by molar-refractivity contribution is 8.15. The molecule has 0 spiro atoms. The van der Waals surface area contributed by atoms with Crippen LogP contribution in [0.3, 0.4) is 0 Å². The zero-order valence-corrected chi connectivity index (χ0v) is 8.38. The molecule has 1 heterocycles. The number of thiol groups is 1. The molecule has 0 aromatic carbocycles. The summed E-state index contributed by atoms with van der Waals surface area (Å²) in [7, 11) is -0.0318. The summed E-state index contributed by atoms with van der Waals surface area (Å²) < 4.78 is 0. The lowest BCUT2D eigenvalue weighted by molar-refractivity contribution is 0.904. The van der Waals surface area contributed by atoms with Crippen LogP contribution in [0.2, 0.25) is 0 Å². The molecule has 3 heteroatoms. The molecule has 66 valence electrons. The van der Waals surface area contributed by atoms with Gasteiger partial charge in [0.05, 0.1) is 0 Å². The van der Waals surface area contributed by atoms with Gasteiger partial charge in [-0.05, 0) is 25.4 Å². The van der Waals surface area contributed by atoms with Gasteiger partial charge < -0.3 is 0 Å². The van der Waals surface area contributed by atoms with Gasteiger partial charge in [0, 0.05) is 23.2 Å². The molecule has 1 saturated carbocycles. The first-order valence-corrected chi connectivity index (χ1v) is 6.50. The Morgan fingerprint density at radius 2 is 1.83 bits per heavy atom. The Morgan fingerprint density at radius 1 is 1.25 bits per heavy atom. The first-order chi connectivity index (χ1) is 5.77. The van der Waals surface area contributed by atoms with Gasteiger partial charge in [0.1, 0.15) is 5.82 Å². The summed E-state index contributed by atoms with van der Waals surface area (Å²) in [4.78, 5) is 10.0. The fraction of sp³-hybridized carbons (Fsp3) is 0.556. The molecule has 1 aliphatic carbocycles. The number of rotatable bonds is 2. The molecule has 1 aromatic heterocycles. The summed E-state index contributed by atoms with van der Waals surface area (Å²) in [5.41, 5.74) is 0. The van der Waals surface area contributed by atoms with Gasteiger partial charge in [-0.25, -0.2) is 20.9 Å². The summed E-state index contributed by atoms with van der Waals surface area (Å²) in [5, 5.41) is 0. The Bertz CT molecular complexity index is 243. The van der Waals surface area contributed by atoms with Crippen LogP contribution < -0.4 is 0 Å². The number of aromatic nitrogens is 2. The molecule has 2 rings (SSSR count). The van der Waals surface area contributed by atoms with Crippen molar-refractivity contribution in [1.29, 1.82) is 0 Å². The van der Waals surface area contributed by atoms with E-state index in [1.54, 1.807) is 0 Å². The van der Waals surface area contributed by atoms with Crippen molar-refractivity contribution in [2.45, 2.75) is 23.7 Å². The number of nitrogens with zero attached hydrogens (tertiary/aromatic N) is 2. The lowest BCUT2D eigenvalue weighted by atomic mass is 10.4. The topological polar surface area (TPSA) is 25.8 Å². The van der Waals surface area contributed by atoms with Crippen molar-refractivity contribution in [3.63, 3.8) is 0 Å². The SMILES string of the molecule is C[SH](C)c1cnc(C2CC2)nc1. The maximum absolute atomic E-state index is 4.37. The summed E-state index contributed by atoms with van der Waals surface area (Å²) in [5.74, 6) is 1.73. The van der Waals surface area contributed by atoms with Crippen LogP contribution in [0.1, 0.15) is 24.6 Å². The molecule has 1 fully saturated rings. The van der Waals surface area contributed by atoms with Crippen molar-refractivity contribution in [3.05, 3.63) is 18.2 Å². The van der Waals surface area contributed by atoms with E-state index in [-0.39, 0.29) is 10.9 Å². The van der Waals surface area contributed by atoms with Gasteiger partial charge in [-0.2, -0.15) is 0 Å². The van der Waals surface area contributed by atoms with Gasteiger partial charge in [-0.15, -0.1) is 0 Å². The molecule has 0 saturated heterocycles. The molecule has 0 aliphatic heterocycles. The largest absolute Gasteiger partial charge is 0.240 e. The van der Waals surface area contributed by atoms with Crippen molar-refractivity contribution in [1.82, 2.24) is 9.97 Å². The molecular formula is C9H14N2S. The third-order valence-corrected chi connectivity index (χ3v) is 3.38. The van der Waals surface area contributed by atoms with Crippen LogP contribution >= 0.6 is 10.9 Å². The van der Waals surface area contributed by atoms with E-state index in [0.717, 1.165) is 5.82 Å². The fourth-order valence-corrected chi connectivity index (χ4v) is 1.69. The highest BCUT2D eigenvalue weighted by Gasteiger charge is 2.25. The molecule has 12 heavy (non-hydrogen) atoms. The highest BCUT2D eigenvalue weighted by Crippen LogP contribution is 2.38. The second kappa shape index (κ2) is 3.05. The van der Waals surface area contributed by atoms with Gasteiger partial charge in [-0.1, -0.05) is 0 Å². The highest BCUT2D eigenvalue weighted by atomic mass is 32.2. The predicted octanol–water partition coefficient (Wildman–Crippen LogP) is 1.97. The lowest BCUT2D eigenvalue weighted by Gasteiger charge is -2.07. The average Bonchev–Trinajstić information content (AvgIpc) is 2.87. The number of hydrogen-bond donors (Lipinski definition) is 1. The minimum absolute atomic E-state index is 0.0318. The zero-order valence-electron chi connectivity index (χ0n) is 7.49. The molecule has 0 N–H and O–H groups in total. The van der Waals surface area contributed by atoms with Crippen LogP contribution in [0, 0.1) is 0 Å². The molecule has 0 unspecified atom stereocenters. The second-order valence-corrected chi connectivity index (χ2v) is 5.77. The van der Waals surface area contributed by atoms with E-state index in [1.807, 2.05) is 12.4 Å². The Morgan fingerprint density at radius 3 is 2.25 bits per heavy atom. The monoisotopic (exact) mass is 182 g/mol. The molecule has 1 aliphatic rings. The van der Waals surface area contributed by atoms with Crippen LogP contribution in [0.15, 0.2) is 17.3 Å². The lowest BCUT2D eigenvalue weighted by Crippen LogP contribution is -1.92.